The summed E-state index contributed by atoms with van der Waals surface area (Å²) in [5.41, 5.74) is 0. The quantitative estimate of drug-likeness (QED) is 0.565. The highest BCUT2D eigenvalue weighted by Crippen LogP contribution is 2.47. The van der Waals surface area contributed by atoms with Gasteiger partial charge < -0.3 is 4.74 Å². The van der Waals surface area contributed by atoms with Gasteiger partial charge in [0.25, 0.3) is 0 Å². The van der Waals surface area contributed by atoms with Crippen LogP contribution in [0.25, 0.3) is 0 Å². The molecule has 0 N–H and O–H groups in total. The van der Waals surface area contributed by atoms with Gasteiger partial charge in [0.05, 0.1) is 0 Å². The van der Waals surface area contributed by atoms with Crippen molar-refractivity contribution >= 4 is 5.97 Å². The minimum absolute atomic E-state index is 0.519. The molecule has 0 amide bonds. The molecule has 120 valence electrons. The molecular formula is C11H15F7O2. The lowest BCUT2D eigenvalue weighted by Crippen LogP contribution is -2.57. The van der Waals surface area contributed by atoms with E-state index < -0.39 is 41.9 Å². The van der Waals surface area contributed by atoms with Crippen molar-refractivity contribution in [3.8, 4) is 0 Å². The normalized spacial score (nSPS) is 14.3. The van der Waals surface area contributed by atoms with Gasteiger partial charge in [-0.05, 0) is 11.8 Å². The third kappa shape index (κ3) is 3.54. The van der Waals surface area contributed by atoms with Gasteiger partial charge in [-0.25, -0.2) is 4.79 Å². The fourth-order valence-corrected chi connectivity index (χ4v) is 1.55. The van der Waals surface area contributed by atoms with Crippen LogP contribution in [-0.4, -0.2) is 30.1 Å². The van der Waals surface area contributed by atoms with E-state index in [0.29, 0.717) is 0 Å². The lowest BCUT2D eigenvalue weighted by Gasteiger charge is -2.30. The van der Waals surface area contributed by atoms with E-state index in [0.717, 1.165) is 0 Å². The first kappa shape index (κ1) is 19.0. The van der Waals surface area contributed by atoms with E-state index >= 15 is 0 Å². The zero-order chi connectivity index (χ0) is 16.5. The second-order valence-corrected chi connectivity index (χ2v) is 5.00. The molecule has 0 fully saturated rings. The highest BCUT2D eigenvalue weighted by molar-refractivity contribution is 5.79. The van der Waals surface area contributed by atoms with Crippen molar-refractivity contribution in [3.05, 3.63) is 0 Å². The van der Waals surface area contributed by atoms with E-state index in [4.69, 9.17) is 0 Å². The summed E-state index contributed by atoms with van der Waals surface area (Å²) in [5, 5.41) is 0. The fraction of sp³-hybridized carbons (Fsp3) is 0.909. The molecule has 0 saturated heterocycles. The van der Waals surface area contributed by atoms with E-state index in [-0.39, 0.29) is 0 Å². The SMILES string of the molecule is CC(C)C(OC(=O)C(F)(F)C(F)(F)C(F)(F)F)C(C)C. The summed E-state index contributed by atoms with van der Waals surface area (Å²) < 4.78 is 91.2. The molecule has 0 rings (SSSR count). The summed E-state index contributed by atoms with van der Waals surface area (Å²) in [4.78, 5) is 11.0. The first-order valence-corrected chi connectivity index (χ1v) is 5.69. The molecule has 0 aliphatic rings. The van der Waals surface area contributed by atoms with E-state index in [1.807, 2.05) is 0 Å². The van der Waals surface area contributed by atoms with E-state index in [2.05, 4.69) is 4.74 Å². The Morgan fingerprint density at radius 2 is 1.20 bits per heavy atom. The first-order valence-electron chi connectivity index (χ1n) is 5.69. The highest BCUT2D eigenvalue weighted by Gasteiger charge is 2.77. The molecule has 0 unspecified atom stereocenters. The summed E-state index contributed by atoms with van der Waals surface area (Å²) in [7, 11) is 0. The van der Waals surface area contributed by atoms with Crippen LogP contribution in [0.1, 0.15) is 27.7 Å². The largest absolute Gasteiger partial charge is 0.460 e. The van der Waals surface area contributed by atoms with Gasteiger partial charge in [-0.3, -0.25) is 0 Å². The fourth-order valence-electron chi connectivity index (χ4n) is 1.55. The van der Waals surface area contributed by atoms with Crippen LogP contribution >= 0.6 is 0 Å². The molecule has 0 aliphatic carbocycles. The maximum absolute atomic E-state index is 13.0. The second-order valence-electron chi connectivity index (χ2n) is 5.00. The third-order valence-corrected chi connectivity index (χ3v) is 2.56. The maximum atomic E-state index is 13.0. The minimum Gasteiger partial charge on any atom is -0.457 e. The number of esters is 1. The van der Waals surface area contributed by atoms with Crippen LogP contribution in [-0.2, 0) is 9.53 Å². The van der Waals surface area contributed by atoms with Gasteiger partial charge in [0.1, 0.15) is 6.10 Å². The molecular weight excluding hydrogens is 297 g/mol. The Labute approximate surface area is 111 Å². The maximum Gasteiger partial charge on any atom is 0.460 e. The van der Waals surface area contributed by atoms with Gasteiger partial charge in [-0.1, -0.05) is 27.7 Å². The lowest BCUT2D eigenvalue weighted by atomic mass is 9.96. The Hall–Kier alpha value is -1.02. The van der Waals surface area contributed by atoms with Gasteiger partial charge in [0.2, 0.25) is 0 Å². The van der Waals surface area contributed by atoms with Crippen LogP contribution < -0.4 is 0 Å². The Kier molecular flexibility index (Phi) is 5.47. The van der Waals surface area contributed by atoms with Crippen molar-refractivity contribution in [1.82, 2.24) is 0 Å². The Morgan fingerprint density at radius 1 is 0.850 bits per heavy atom. The Balaban J connectivity index is 5.28. The number of hydrogen-bond acceptors (Lipinski definition) is 2. The van der Waals surface area contributed by atoms with Crippen LogP contribution in [0, 0.1) is 11.8 Å². The molecule has 0 aliphatic heterocycles. The smallest absolute Gasteiger partial charge is 0.457 e. The number of halogens is 7. The van der Waals surface area contributed by atoms with Crippen LogP contribution in [0.4, 0.5) is 30.7 Å². The average molecular weight is 312 g/mol. The summed E-state index contributed by atoms with van der Waals surface area (Å²) in [6.45, 7) is 5.83. The molecule has 0 aromatic carbocycles. The average Bonchev–Trinajstić information content (AvgIpc) is 2.22. The van der Waals surface area contributed by atoms with Crippen LogP contribution in [0.15, 0.2) is 0 Å². The number of ether oxygens (including phenoxy) is 1. The highest BCUT2D eigenvalue weighted by atomic mass is 19.4. The van der Waals surface area contributed by atoms with Crippen molar-refractivity contribution in [2.45, 2.75) is 51.8 Å². The number of carbonyl (C=O) groups excluding carboxylic acids is 1. The van der Waals surface area contributed by atoms with Gasteiger partial charge >= 0.3 is 24.0 Å². The third-order valence-electron chi connectivity index (χ3n) is 2.56. The van der Waals surface area contributed by atoms with E-state index in [1.54, 1.807) is 0 Å². The molecule has 9 heteroatoms. The van der Waals surface area contributed by atoms with E-state index in [1.165, 1.54) is 27.7 Å². The summed E-state index contributed by atoms with van der Waals surface area (Å²) in [6, 6.07) is 0. The topological polar surface area (TPSA) is 26.3 Å². The number of alkyl halides is 7. The molecule has 20 heavy (non-hydrogen) atoms. The van der Waals surface area contributed by atoms with Gasteiger partial charge in [0, 0.05) is 0 Å². The van der Waals surface area contributed by atoms with Crippen LogP contribution in [0.5, 0.6) is 0 Å². The first-order chi connectivity index (χ1) is 8.66. The molecule has 0 heterocycles. The van der Waals surface area contributed by atoms with Crippen molar-refractivity contribution < 1.29 is 40.3 Å². The zero-order valence-corrected chi connectivity index (χ0v) is 11.2. The van der Waals surface area contributed by atoms with Gasteiger partial charge in [0.15, 0.2) is 0 Å². The summed E-state index contributed by atoms with van der Waals surface area (Å²) in [6.07, 6.45) is -7.75. The van der Waals surface area contributed by atoms with Gasteiger partial charge in [-0.15, -0.1) is 0 Å². The molecule has 2 nitrogen and oxygen atoms in total. The van der Waals surface area contributed by atoms with Crippen LogP contribution in [0.2, 0.25) is 0 Å². The standard InChI is InChI=1S/C11H15F7O2/c1-5(2)7(6(3)4)20-8(19)9(12,13)10(14,15)11(16,17)18/h5-7H,1-4H3. The Bertz CT molecular complexity index is 339. The predicted molar refractivity (Wildman–Crippen MR) is 55.5 cm³/mol. The molecule has 0 aromatic rings. The minimum atomic E-state index is -6.55. The monoisotopic (exact) mass is 312 g/mol. The zero-order valence-electron chi connectivity index (χ0n) is 11.2. The van der Waals surface area contributed by atoms with Crippen molar-refractivity contribution in [1.29, 1.82) is 0 Å². The predicted octanol–water partition coefficient (Wildman–Crippen LogP) is 4.04. The molecule has 0 saturated carbocycles. The molecule has 0 bridgehead atoms. The summed E-state index contributed by atoms with van der Waals surface area (Å²) >= 11 is 0. The second kappa shape index (κ2) is 5.77. The lowest BCUT2D eigenvalue weighted by molar-refractivity contribution is -0.349. The van der Waals surface area contributed by atoms with Crippen molar-refractivity contribution in [2.24, 2.45) is 11.8 Å². The van der Waals surface area contributed by atoms with Gasteiger partial charge in [-0.2, -0.15) is 30.7 Å². The number of rotatable bonds is 5. The Morgan fingerprint density at radius 3 is 1.45 bits per heavy atom. The molecule has 0 aromatic heterocycles. The number of carbonyl (C=O) groups is 1. The number of hydrogen-bond donors (Lipinski definition) is 0. The molecule has 0 spiro atoms. The molecule has 0 radical (unpaired) electrons. The van der Waals surface area contributed by atoms with Crippen LogP contribution in [0.3, 0.4) is 0 Å². The van der Waals surface area contributed by atoms with Crippen molar-refractivity contribution in [3.63, 3.8) is 0 Å². The van der Waals surface area contributed by atoms with Crippen molar-refractivity contribution in [2.75, 3.05) is 0 Å². The van der Waals surface area contributed by atoms with E-state index in [9.17, 15) is 35.5 Å². The summed E-state index contributed by atoms with van der Waals surface area (Å²) in [5.74, 6) is -16.4. The molecule has 0 atom stereocenters.